The van der Waals surface area contributed by atoms with Crippen LogP contribution in [0, 0.1) is 12.7 Å². The van der Waals surface area contributed by atoms with E-state index in [2.05, 4.69) is 15.0 Å². The maximum absolute atomic E-state index is 13.4. The summed E-state index contributed by atoms with van der Waals surface area (Å²) in [6, 6.07) is 4.59. The Balaban J connectivity index is 2.22. The van der Waals surface area contributed by atoms with Gasteiger partial charge in [0.15, 0.2) is 11.4 Å². The van der Waals surface area contributed by atoms with Crippen LogP contribution in [0.4, 0.5) is 4.39 Å². The van der Waals surface area contributed by atoms with Gasteiger partial charge in [0.2, 0.25) is 5.89 Å². The lowest BCUT2D eigenvalue weighted by atomic mass is 10.3. The molecular weight excluding hydrogens is 221 g/mol. The molecule has 0 atom stereocenters. The smallest absolute Gasteiger partial charge is 0.247 e. The molecule has 0 N–H and O–H groups in total. The molecule has 0 aliphatic carbocycles. The highest BCUT2D eigenvalue weighted by atomic mass is 19.1. The summed E-state index contributed by atoms with van der Waals surface area (Å²) in [7, 11) is 0. The van der Waals surface area contributed by atoms with Gasteiger partial charge in [-0.25, -0.2) is 14.4 Å². The van der Waals surface area contributed by atoms with Gasteiger partial charge in [-0.3, -0.25) is 4.98 Å². The molecule has 0 unspecified atom stereocenters. The molecule has 3 rings (SSSR count). The average Bonchev–Trinajstić information content (AvgIpc) is 2.74. The topological polar surface area (TPSA) is 51.8 Å². The minimum absolute atomic E-state index is 0.214. The Labute approximate surface area is 96.2 Å². The fourth-order valence-electron chi connectivity index (χ4n) is 1.59. The molecule has 0 aliphatic rings. The van der Waals surface area contributed by atoms with E-state index in [0.29, 0.717) is 11.3 Å². The fraction of sp³-hybridized carbons (Fsp3) is 0.0833. The monoisotopic (exact) mass is 229 g/mol. The van der Waals surface area contributed by atoms with Gasteiger partial charge in [-0.05, 0) is 19.1 Å². The summed E-state index contributed by atoms with van der Waals surface area (Å²) in [4.78, 5) is 12.3. The maximum Gasteiger partial charge on any atom is 0.247 e. The standard InChI is InChI=1S/C12H8FN3O/c1-7-5-14-6-9(15-7)12-16-11-8(13)3-2-4-10(11)17-12/h2-6H,1H3. The van der Waals surface area contributed by atoms with Crippen molar-refractivity contribution in [2.45, 2.75) is 6.92 Å². The quantitative estimate of drug-likeness (QED) is 0.643. The van der Waals surface area contributed by atoms with Crippen LogP contribution < -0.4 is 0 Å². The molecule has 84 valence electrons. The predicted octanol–water partition coefficient (Wildman–Crippen LogP) is 2.73. The summed E-state index contributed by atoms with van der Waals surface area (Å²) in [6.45, 7) is 1.82. The van der Waals surface area contributed by atoms with E-state index < -0.39 is 5.82 Å². The highest BCUT2D eigenvalue weighted by Gasteiger charge is 2.12. The van der Waals surface area contributed by atoms with Gasteiger partial charge in [0, 0.05) is 6.20 Å². The molecule has 2 aromatic heterocycles. The van der Waals surface area contributed by atoms with Crippen LogP contribution in [-0.2, 0) is 0 Å². The van der Waals surface area contributed by atoms with Gasteiger partial charge in [-0.1, -0.05) is 6.07 Å². The zero-order chi connectivity index (χ0) is 11.8. The predicted molar refractivity (Wildman–Crippen MR) is 59.7 cm³/mol. The Bertz CT molecular complexity index is 693. The van der Waals surface area contributed by atoms with E-state index in [4.69, 9.17) is 4.42 Å². The van der Waals surface area contributed by atoms with E-state index in [1.807, 2.05) is 6.92 Å². The van der Waals surface area contributed by atoms with Crippen molar-refractivity contribution in [3.63, 3.8) is 0 Å². The van der Waals surface area contributed by atoms with E-state index in [9.17, 15) is 4.39 Å². The van der Waals surface area contributed by atoms with Crippen molar-refractivity contribution < 1.29 is 8.81 Å². The summed E-state index contributed by atoms with van der Waals surface area (Å²) >= 11 is 0. The SMILES string of the molecule is Cc1cncc(-c2nc3c(F)cccc3o2)n1. The second-order valence-corrected chi connectivity index (χ2v) is 3.65. The number of nitrogens with zero attached hydrogens (tertiary/aromatic N) is 3. The first kappa shape index (κ1) is 9.89. The second kappa shape index (κ2) is 3.62. The number of oxazole rings is 1. The molecule has 3 aromatic rings. The van der Waals surface area contributed by atoms with Crippen molar-refractivity contribution >= 4 is 11.1 Å². The number of aryl methyl sites for hydroxylation is 1. The van der Waals surface area contributed by atoms with Gasteiger partial charge < -0.3 is 4.42 Å². The molecule has 0 bridgehead atoms. The minimum atomic E-state index is -0.405. The first-order valence-electron chi connectivity index (χ1n) is 5.08. The van der Waals surface area contributed by atoms with E-state index in [0.717, 1.165) is 5.69 Å². The van der Waals surface area contributed by atoms with Crippen molar-refractivity contribution in [2.24, 2.45) is 0 Å². The summed E-state index contributed by atoms with van der Waals surface area (Å²) in [6.07, 6.45) is 3.17. The third-order valence-electron chi connectivity index (χ3n) is 2.34. The molecule has 0 aliphatic heterocycles. The number of hydrogen-bond acceptors (Lipinski definition) is 4. The third-order valence-corrected chi connectivity index (χ3v) is 2.34. The maximum atomic E-state index is 13.4. The van der Waals surface area contributed by atoms with Crippen LogP contribution in [0.5, 0.6) is 0 Å². The van der Waals surface area contributed by atoms with Crippen LogP contribution in [0.1, 0.15) is 5.69 Å². The number of benzene rings is 1. The zero-order valence-electron chi connectivity index (χ0n) is 9.01. The van der Waals surface area contributed by atoms with Gasteiger partial charge in [-0.2, -0.15) is 0 Å². The Hall–Kier alpha value is -2.30. The van der Waals surface area contributed by atoms with Crippen molar-refractivity contribution in [1.29, 1.82) is 0 Å². The van der Waals surface area contributed by atoms with Crippen molar-refractivity contribution in [3.8, 4) is 11.6 Å². The number of rotatable bonds is 1. The summed E-state index contributed by atoms with van der Waals surface area (Å²) in [5, 5.41) is 0. The molecular formula is C12H8FN3O. The average molecular weight is 229 g/mol. The molecule has 5 heteroatoms. The van der Waals surface area contributed by atoms with Crippen LogP contribution in [0.15, 0.2) is 35.0 Å². The van der Waals surface area contributed by atoms with E-state index in [1.165, 1.54) is 12.3 Å². The Morgan fingerprint density at radius 2 is 2.06 bits per heavy atom. The lowest BCUT2D eigenvalue weighted by Crippen LogP contribution is -1.88. The highest BCUT2D eigenvalue weighted by molar-refractivity contribution is 5.75. The lowest BCUT2D eigenvalue weighted by molar-refractivity contribution is 0.613. The molecule has 0 spiro atoms. The Morgan fingerprint density at radius 1 is 1.18 bits per heavy atom. The van der Waals surface area contributed by atoms with Crippen LogP contribution in [0.3, 0.4) is 0 Å². The van der Waals surface area contributed by atoms with Crippen LogP contribution in [-0.4, -0.2) is 15.0 Å². The van der Waals surface area contributed by atoms with Crippen molar-refractivity contribution in [1.82, 2.24) is 15.0 Å². The van der Waals surface area contributed by atoms with Crippen LogP contribution in [0.25, 0.3) is 22.7 Å². The largest absolute Gasteiger partial charge is 0.435 e. The number of hydrogen-bond donors (Lipinski definition) is 0. The number of aromatic nitrogens is 3. The Morgan fingerprint density at radius 3 is 2.82 bits per heavy atom. The van der Waals surface area contributed by atoms with Crippen LogP contribution >= 0.6 is 0 Å². The first-order chi connectivity index (χ1) is 8.24. The summed E-state index contributed by atoms with van der Waals surface area (Å²) in [5.74, 6) is -0.126. The minimum Gasteiger partial charge on any atom is -0.435 e. The normalized spacial score (nSPS) is 10.9. The molecule has 0 saturated heterocycles. The highest BCUT2D eigenvalue weighted by Crippen LogP contribution is 2.23. The van der Waals surface area contributed by atoms with E-state index >= 15 is 0 Å². The molecule has 0 amide bonds. The van der Waals surface area contributed by atoms with E-state index in [1.54, 1.807) is 18.3 Å². The number of para-hydroxylation sites is 1. The molecule has 0 radical (unpaired) electrons. The molecule has 1 aromatic carbocycles. The third kappa shape index (κ3) is 1.65. The van der Waals surface area contributed by atoms with Gasteiger partial charge in [0.25, 0.3) is 0 Å². The van der Waals surface area contributed by atoms with Crippen molar-refractivity contribution in [2.75, 3.05) is 0 Å². The molecule has 2 heterocycles. The molecule has 0 saturated carbocycles. The Kier molecular flexibility index (Phi) is 2.11. The van der Waals surface area contributed by atoms with Gasteiger partial charge in [0.05, 0.1) is 11.9 Å². The van der Waals surface area contributed by atoms with Crippen molar-refractivity contribution in [3.05, 3.63) is 42.1 Å². The van der Waals surface area contributed by atoms with Gasteiger partial charge in [-0.15, -0.1) is 0 Å². The summed E-state index contributed by atoms with van der Waals surface area (Å²) in [5.41, 5.74) is 1.87. The zero-order valence-corrected chi connectivity index (χ0v) is 9.01. The molecule has 17 heavy (non-hydrogen) atoms. The molecule has 0 fully saturated rings. The number of halogens is 1. The fourth-order valence-corrected chi connectivity index (χ4v) is 1.59. The van der Waals surface area contributed by atoms with Crippen LogP contribution in [0.2, 0.25) is 0 Å². The first-order valence-corrected chi connectivity index (χ1v) is 5.08. The van der Waals surface area contributed by atoms with Gasteiger partial charge in [0.1, 0.15) is 11.2 Å². The lowest BCUT2D eigenvalue weighted by Gasteiger charge is -1.94. The molecule has 4 nitrogen and oxygen atoms in total. The number of fused-ring (bicyclic) bond motifs is 1. The van der Waals surface area contributed by atoms with E-state index in [-0.39, 0.29) is 11.4 Å². The second-order valence-electron chi connectivity index (χ2n) is 3.65. The summed E-state index contributed by atoms with van der Waals surface area (Å²) < 4.78 is 18.9. The van der Waals surface area contributed by atoms with Gasteiger partial charge >= 0.3 is 0 Å².